The molecule has 1 heterocycles. The molecule has 0 saturated carbocycles. The molecule has 0 bridgehead atoms. The van der Waals surface area contributed by atoms with Crippen molar-refractivity contribution in [2.75, 3.05) is 5.73 Å². The number of benzene rings is 2. The fraction of sp³-hybridized carbons (Fsp3) is 0. The minimum absolute atomic E-state index is 0.250. The summed E-state index contributed by atoms with van der Waals surface area (Å²) in [5, 5.41) is 1.17. The Hall–Kier alpha value is -2.00. The molecule has 18 heavy (non-hydrogen) atoms. The fourth-order valence-corrected chi connectivity index (χ4v) is 2.03. The molecule has 1 aromatic heterocycles. The van der Waals surface area contributed by atoms with E-state index in [0.717, 1.165) is 10.9 Å². The lowest BCUT2D eigenvalue weighted by atomic mass is 10.1. The highest BCUT2D eigenvalue weighted by atomic mass is 35.5. The summed E-state index contributed by atoms with van der Waals surface area (Å²) in [5.74, 6) is 0.192. The first-order chi connectivity index (χ1) is 8.65. The van der Waals surface area contributed by atoms with Gasteiger partial charge in [0.25, 0.3) is 0 Å². The van der Waals surface area contributed by atoms with E-state index in [-0.39, 0.29) is 11.4 Å². The van der Waals surface area contributed by atoms with E-state index in [4.69, 9.17) is 21.8 Å². The van der Waals surface area contributed by atoms with E-state index < -0.39 is 0 Å². The van der Waals surface area contributed by atoms with Gasteiger partial charge in [0.15, 0.2) is 11.4 Å². The molecule has 90 valence electrons. The average Bonchev–Trinajstić information content (AvgIpc) is 2.78. The zero-order valence-electron chi connectivity index (χ0n) is 9.28. The van der Waals surface area contributed by atoms with Crippen LogP contribution < -0.4 is 5.73 Å². The maximum Gasteiger partial charge on any atom is 0.170 e. The molecule has 0 amide bonds. The van der Waals surface area contributed by atoms with Crippen LogP contribution in [-0.4, -0.2) is 0 Å². The van der Waals surface area contributed by atoms with Crippen molar-refractivity contribution in [3.8, 4) is 11.3 Å². The number of anilines is 1. The second-order valence-corrected chi connectivity index (χ2v) is 4.41. The van der Waals surface area contributed by atoms with Gasteiger partial charge in [0.05, 0.1) is 10.7 Å². The highest BCUT2D eigenvalue weighted by Gasteiger charge is 2.10. The van der Waals surface area contributed by atoms with Crippen LogP contribution >= 0.6 is 11.6 Å². The molecule has 2 N–H and O–H groups in total. The van der Waals surface area contributed by atoms with Gasteiger partial charge in [0, 0.05) is 10.9 Å². The van der Waals surface area contributed by atoms with Gasteiger partial charge in [-0.2, -0.15) is 0 Å². The Bertz CT molecular complexity index is 736. The molecule has 4 heteroatoms. The maximum absolute atomic E-state index is 13.5. The van der Waals surface area contributed by atoms with Crippen molar-refractivity contribution >= 4 is 28.3 Å². The van der Waals surface area contributed by atoms with Crippen LogP contribution in [0.2, 0.25) is 5.02 Å². The Morgan fingerprint density at radius 1 is 1.11 bits per heavy atom. The summed E-state index contributed by atoms with van der Waals surface area (Å²) in [6, 6.07) is 11.8. The number of halogens is 2. The lowest BCUT2D eigenvalue weighted by Crippen LogP contribution is -1.85. The maximum atomic E-state index is 13.5. The lowest BCUT2D eigenvalue weighted by molar-refractivity contribution is 0.569. The van der Waals surface area contributed by atoms with Crippen molar-refractivity contribution in [1.82, 2.24) is 0 Å². The monoisotopic (exact) mass is 261 g/mol. The van der Waals surface area contributed by atoms with Crippen molar-refractivity contribution in [1.29, 1.82) is 0 Å². The molecular formula is C14H9ClFNO. The second-order valence-electron chi connectivity index (χ2n) is 4.01. The van der Waals surface area contributed by atoms with Gasteiger partial charge >= 0.3 is 0 Å². The summed E-state index contributed by atoms with van der Waals surface area (Å²) in [5.41, 5.74) is 7.16. The summed E-state index contributed by atoms with van der Waals surface area (Å²) in [6.45, 7) is 0. The molecule has 0 spiro atoms. The Morgan fingerprint density at radius 3 is 2.67 bits per heavy atom. The van der Waals surface area contributed by atoms with Crippen LogP contribution in [0, 0.1) is 5.82 Å². The van der Waals surface area contributed by atoms with Crippen molar-refractivity contribution < 1.29 is 8.81 Å². The number of hydrogen-bond donors (Lipinski definition) is 1. The van der Waals surface area contributed by atoms with Gasteiger partial charge in [-0.1, -0.05) is 23.7 Å². The molecule has 0 fully saturated rings. The number of hydrogen-bond acceptors (Lipinski definition) is 2. The number of para-hydroxylation sites is 1. The molecule has 0 aliphatic rings. The van der Waals surface area contributed by atoms with Crippen LogP contribution in [0.4, 0.5) is 10.1 Å². The number of furan rings is 1. The Labute approximate surface area is 108 Å². The van der Waals surface area contributed by atoms with Gasteiger partial charge in [0.2, 0.25) is 0 Å². The standard InChI is InChI=1S/C14H9ClFNO/c15-10-6-8(4-5-12(10)17)13-7-9-2-1-3-11(16)14(9)18-13/h1-7H,17H2. The topological polar surface area (TPSA) is 39.2 Å². The largest absolute Gasteiger partial charge is 0.453 e. The Morgan fingerprint density at radius 2 is 1.94 bits per heavy atom. The van der Waals surface area contributed by atoms with Crippen LogP contribution in [0.15, 0.2) is 46.9 Å². The first-order valence-electron chi connectivity index (χ1n) is 5.38. The number of nitrogens with two attached hydrogens (primary N) is 1. The quantitative estimate of drug-likeness (QED) is 0.656. The molecule has 3 rings (SSSR count). The minimum Gasteiger partial charge on any atom is -0.453 e. The molecule has 0 radical (unpaired) electrons. The van der Waals surface area contributed by atoms with Crippen molar-refractivity contribution in [3.63, 3.8) is 0 Å². The van der Waals surface area contributed by atoms with Crippen LogP contribution in [0.3, 0.4) is 0 Å². The Balaban J connectivity index is 2.19. The summed E-state index contributed by atoms with van der Waals surface area (Å²) in [6.07, 6.45) is 0. The van der Waals surface area contributed by atoms with Crippen LogP contribution in [-0.2, 0) is 0 Å². The van der Waals surface area contributed by atoms with Crippen molar-refractivity contribution in [3.05, 3.63) is 53.3 Å². The lowest BCUT2D eigenvalue weighted by Gasteiger charge is -2.00. The van der Waals surface area contributed by atoms with E-state index in [1.807, 2.05) is 0 Å². The van der Waals surface area contributed by atoms with Crippen molar-refractivity contribution in [2.24, 2.45) is 0 Å². The molecule has 0 aliphatic heterocycles. The van der Waals surface area contributed by atoms with Gasteiger partial charge in [-0.25, -0.2) is 4.39 Å². The van der Waals surface area contributed by atoms with E-state index >= 15 is 0 Å². The van der Waals surface area contributed by atoms with E-state index in [1.54, 1.807) is 36.4 Å². The van der Waals surface area contributed by atoms with Gasteiger partial charge in [-0.05, 0) is 30.3 Å². The Kier molecular flexibility index (Phi) is 2.49. The van der Waals surface area contributed by atoms with E-state index in [2.05, 4.69) is 0 Å². The zero-order chi connectivity index (χ0) is 12.7. The van der Waals surface area contributed by atoms with Gasteiger partial charge in [-0.3, -0.25) is 0 Å². The third-order valence-electron chi connectivity index (χ3n) is 2.78. The van der Waals surface area contributed by atoms with Gasteiger partial charge in [0.1, 0.15) is 5.76 Å². The molecule has 0 saturated heterocycles. The SMILES string of the molecule is Nc1ccc(-c2cc3cccc(F)c3o2)cc1Cl. The molecule has 3 aromatic rings. The summed E-state index contributed by atoms with van der Waals surface area (Å²) in [7, 11) is 0. The third kappa shape index (κ3) is 1.73. The smallest absolute Gasteiger partial charge is 0.170 e. The highest BCUT2D eigenvalue weighted by molar-refractivity contribution is 6.33. The number of nitrogen functional groups attached to an aromatic ring is 1. The number of rotatable bonds is 1. The fourth-order valence-electron chi connectivity index (χ4n) is 1.85. The normalized spacial score (nSPS) is 11.0. The predicted octanol–water partition coefficient (Wildman–Crippen LogP) is 4.47. The van der Waals surface area contributed by atoms with E-state index in [0.29, 0.717) is 16.5 Å². The summed E-state index contributed by atoms with van der Waals surface area (Å²) >= 11 is 5.95. The van der Waals surface area contributed by atoms with Crippen LogP contribution in [0.1, 0.15) is 0 Å². The van der Waals surface area contributed by atoms with Gasteiger partial charge in [-0.15, -0.1) is 0 Å². The first kappa shape index (κ1) is 11.1. The van der Waals surface area contributed by atoms with Crippen LogP contribution in [0.5, 0.6) is 0 Å². The highest BCUT2D eigenvalue weighted by Crippen LogP contribution is 2.32. The number of fused-ring (bicyclic) bond motifs is 1. The van der Waals surface area contributed by atoms with E-state index in [1.165, 1.54) is 6.07 Å². The third-order valence-corrected chi connectivity index (χ3v) is 3.11. The molecular weight excluding hydrogens is 253 g/mol. The molecule has 0 unspecified atom stereocenters. The summed E-state index contributed by atoms with van der Waals surface area (Å²) in [4.78, 5) is 0. The molecule has 0 atom stereocenters. The predicted molar refractivity (Wildman–Crippen MR) is 71.0 cm³/mol. The van der Waals surface area contributed by atoms with E-state index in [9.17, 15) is 4.39 Å². The average molecular weight is 262 g/mol. The van der Waals surface area contributed by atoms with Crippen molar-refractivity contribution in [2.45, 2.75) is 0 Å². The summed E-state index contributed by atoms with van der Waals surface area (Å²) < 4.78 is 19.0. The van der Waals surface area contributed by atoms with Crippen LogP contribution in [0.25, 0.3) is 22.3 Å². The molecule has 0 aliphatic carbocycles. The minimum atomic E-state index is -0.375. The molecule has 2 aromatic carbocycles. The zero-order valence-corrected chi connectivity index (χ0v) is 10.0. The second kappa shape index (κ2) is 4.03. The van der Waals surface area contributed by atoms with Gasteiger partial charge < -0.3 is 10.2 Å². The molecule has 2 nitrogen and oxygen atoms in total. The first-order valence-corrected chi connectivity index (χ1v) is 5.76.